The van der Waals surface area contributed by atoms with E-state index in [9.17, 15) is 0 Å². The molecule has 1 aliphatic rings. The van der Waals surface area contributed by atoms with E-state index < -0.39 is 0 Å². The second-order valence-corrected chi connectivity index (χ2v) is 5.67. The summed E-state index contributed by atoms with van der Waals surface area (Å²) in [6.45, 7) is 7.46. The predicted octanol–water partition coefficient (Wildman–Crippen LogP) is 2.56. The lowest BCUT2D eigenvalue weighted by Gasteiger charge is -2.29. The fourth-order valence-corrected chi connectivity index (χ4v) is 2.63. The Labute approximate surface area is 104 Å². The molecule has 0 radical (unpaired) electrons. The van der Waals surface area contributed by atoms with Crippen molar-refractivity contribution in [2.75, 3.05) is 13.6 Å². The van der Waals surface area contributed by atoms with E-state index in [0.29, 0.717) is 0 Å². The van der Waals surface area contributed by atoms with Crippen LogP contribution in [0.2, 0.25) is 0 Å². The number of nitrogens with two attached hydrogens (primary N) is 1. The highest BCUT2D eigenvalue weighted by molar-refractivity contribution is 5.12. The van der Waals surface area contributed by atoms with Gasteiger partial charge in [0.2, 0.25) is 0 Å². The molecule has 4 unspecified atom stereocenters. The average Bonchev–Trinajstić information content (AvgIpc) is 2.73. The summed E-state index contributed by atoms with van der Waals surface area (Å²) in [5.41, 5.74) is 6.11. The van der Waals surface area contributed by atoms with Gasteiger partial charge in [-0.1, -0.05) is 6.92 Å². The largest absolute Gasteiger partial charge is 0.465 e. The molecule has 1 fully saturated rings. The molecule has 2 rings (SSSR count). The second kappa shape index (κ2) is 4.83. The van der Waals surface area contributed by atoms with Crippen molar-refractivity contribution in [3.05, 3.63) is 23.7 Å². The summed E-state index contributed by atoms with van der Waals surface area (Å²) in [5.74, 6) is 3.67. The van der Waals surface area contributed by atoms with Gasteiger partial charge in [-0.2, -0.15) is 0 Å². The normalized spacial score (nSPS) is 27.2. The third-order valence-electron chi connectivity index (χ3n) is 3.82. The smallest absolute Gasteiger partial charge is 0.122 e. The minimum absolute atomic E-state index is 0.0830. The highest BCUT2D eigenvalue weighted by Crippen LogP contribution is 2.39. The Morgan fingerprint density at radius 3 is 2.59 bits per heavy atom. The molecule has 96 valence electrons. The van der Waals surface area contributed by atoms with Gasteiger partial charge in [-0.15, -0.1) is 0 Å². The van der Waals surface area contributed by atoms with Crippen LogP contribution in [-0.4, -0.2) is 24.5 Å². The molecule has 1 heterocycles. The van der Waals surface area contributed by atoms with Gasteiger partial charge in [0.25, 0.3) is 0 Å². The molecule has 1 aromatic heterocycles. The average molecular weight is 236 g/mol. The lowest BCUT2D eigenvalue weighted by Crippen LogP contribution is -2.38. The number of hydrogen-bond acceptors (Lipinski definition) is 3. The Balaban J connectivity index is 2.06. The molecular formula is C14H24N2O. The number of rotatable bonds is 5. The van der Waals surface area contributed by atoms with Crippen molar-refractivity contribution in [3.8, 4) is 0 Å². The fraction of sp³-hybridized carbons (Fsp3) is 0.714. The Kier molecular flexibility index (Phi) is 3.59. The molecule has 0 spiro atoms. The fourth-order valence-electron chi connectivity index (χ4n) is 2.63. The summed E-state index contributed by atoms with van der Waals surface area (Å²) < 4.78 is 5.74. The minimum atomic E-state index is 0.0830. The third kappa shape index (κ3) is 2.90. The monoisotopic (exact) mass is 236 g/mol. The van der Waals surface area contributed by atoms with Gasteiger partial charge in [0.1, 0.15) is 11.5 Å². The van der Waals surface area contributed by atoms with E-state index in [-0.39, 0.29) is 12.1 Å². The van der Waals surface area contributed by atoms with E-state index in [1.54, 1.807) is 0 Å². The highest BCUT2D eigenvalue weighted by atomic mass is 16.3. The van der Waals surface area contributed by atoms with Crippen LogP contribution in [0.25, 0.3) is 0 Å². The van der Waals surface area contributed by atoms with Crippen LogP contribution in [0, 0.1) is 18.8 Å². The first-order valence-electron chi connectivity index (χ1n) is 6.51. The molecular weight excluding hydrogens is 212 g/mol. The van der Waals surface area contributed by atoms with Crippen LogP contribution >= 0.6 is 0 Å². The highest BCUT2D eigenvalue weighted by Gasteiger charge is 2.36. The number of nitrogens with zero attached hydrogens (tertiary/aromatic N) is 1. The van der Waals surface area contributed by atoms with E-state index in [1.807, 2.05) is 13.0 Å². The summed E-state index contributed by atoms with van der Waals surface area (Å²) in [6, 6.07) is 4.34. The van der Waals surface area contributed by atoms with Crippen molar-refractivity contribution < 1.29 is 4.42 Å². The van der Waals surface area contributed by atoms with Crippen molar-refractivity contribution in [3.63, 3.8) is 0 Å². The molecule has 3 heteroatoms. The minimum Gasteiger partial charge on any atom is -0.465 e. The van der Waals surface area contributed by atoms with Gasteiger partial charge in [-0.3, -0.25) is 4.90 Å². The lowest BCUT2D eigenvalue weighted by molar-refractivity contribution is 0.181. The summed E-state index contributed by atoms with van der Waals surface area (Å²) in [4.78, 5) is 2.34. The first-order valence-corrected chi connectivity index (χ1v) is 6.51. The maximum absolute atomic E-state index is 6.11. The molecule has 3 nitrogen and oxygen atoms in total. The van der Waals surface area contributed by atoms with Gasteiger partial charge in [0, 0.05) is 12.6 Å². The number of furan rings is 1. The zero-order chi connectivity index (χ0) is 12.6. The first-order chi connectivity index (χ1) is 7.99. The molecule has 17 heavy (non-hydrogen) atoms. The zero-order valence-electron chi connectivity index (χ0n) is 11.3. The van der Waals surface area contributed by atoms with Gasteiger partial charge >= 0.3 is 0 Å². The van der Waals surface area contributed by atoms with Gasteiger partial charge in [0.15, 0.2) is 0 Å². The molecule has 1 aliphatic carbocycles. The van der Waals surface area contributed by atoms with Crippen LogP contribution in [0.15, 0.2) is 16.5 Å². The topological polar surface area (TPSA) is 42.4 Å². The van der Waals surface area contributed by atoms with E-state index in [0.717, 1.165) is 29.9 Å². The van der Waals surface area contributed by atoms with Crippen molar-refractivity contribution >= 4 is 0 Å². The van der Waals surface area contributed by atoms with Crippen LogP contribution in [0.4, 0.5) is 0 Å². The molecule has 0 saturated heterocycles. The Morgan fingerprint density at radius 2 is 2.18 bits per heavy atom. The third-order valence-corrected chi connectivity index (χ3v) is 3.82. The number of hydrogen-bond donors (Lipinski definition) is 1. The first kappa shape index (κ1) is 12.7. The van der Waals surface area contributed by atoms with Gasteiger partial charge < -0.3 is 10.2 Å². The molecule has 0 bridgehead atoms. The summed E-state index contributed by atoms with van der Waals surface area (Å²) in [5, 5.41) is 0. The molecule has 1 saturated carbocycles. The molecule has 2 N–H and O–H groups in total. The lowest BCUT2D eigenvalue weighted by atomic mass is 10.1. The summed E-state index contributed by atoms with van der Waals surface area (Å²) in [6.07, 6.45) is 1.35. The maximum Gasteiger partial charge on any atom is 0.122 e. The Morgan fingerprint density at radius 1 is 1.53 bits per heavy atom. The molecule has 4 atom stereocenters. The van der Waals surface area contributed by atoms with E-state index >= 15 is 0 Å². The summed E-state index contributed by atoms with van der Waals surface area (Å²) >= 11 is 0. The standard InChI is InChI=1S/C14H24N2O/c1-9-7-12(9)8-16(4)14(11(3)15)13-6-5-10(2)17-13/h5-6,9,11-12,14H,7-8,15H2,1-4H3. The maximum atomic E-state index is 6.11. The zero-order valence-corrected chi connectivity index (χ0v) is 11.3. The van der Waals surface area contributed by atoms with E-state index in [4.69, 9.17) is 10.2 Å². The molecule has 0 aromatic carbocycles. The van der Waals surface area contributed by atoms with Gasteiger partial charge in [0.05, 0.1) is 6.04 Å². The van der Waals surface area contributed by atoms with Crippen molar-refractivity contribution in [2.24, 2.45) is 17.6 Å². The van der Waals surface area contributed by atoms with Crippen LogP contribution < -0.4 is 5.73 Å². The van der Waals surface area contributed by atoms with Crippen molar-refractivity contribution in [1.82, 2.24) is 4.90 Å². The second-order valence-electron chi connectivity index (χ2n) is 5.67. The number of aryl methyl sites for hydroxylation is 1. The van der Waals surface area contributed by atoms with E-state index in [1.165, 1.54) is 6.42 Å². The molecule has 1 aromatic rings. The molecule has 0 aliphatic heterocycles. The number of likely N-dealkylation sites (N-methyl/N-ethyl adjacent to an activating group) is 1. The predicted molar refractivity (Wildman–Crippen MR) is 69.7 cm³/mol. The summed E-state index contributed by atoms with van der Waals surface area (Å²) in [7, 11) is 2.15. The van der Waals surface area contributed by atoms with Gasteiger partial charge in [-0.05, 0) is 51.3 Å². The van der Waals surface area contributed by atoms with Crippen molar-refractivity contribution in [2.45, 2.75) is 39.3 Å². The SMILES string of the molecule is Cc1ccc(C(C(C)N)N(C)CC2CC2C)o1. The van der Waals surface area contributed by atoms with Gasteiger partial charge in [-0.25, -0.2) is 0 Å². The van der Waals surface area contributed by atoms with Crippen LogP contribution in [-0.2, 0) is 0 Å². The quantitative estimate of drug-likeness (QED) is 0.854. The van der Waals surface area contributed by atoms with E-state index in [2.05, 4.69) is 31.9 Å². The van der Waals surface area contributed by atoms with Crippen molar-refractivity contribution in [1.29, 1.82) is 0 Å². The van der Waals surface area contributed by atoms with Crippen LogP contribution in [0.1, 0.15) is 37.8 Å². The Hall–Kier alpha value is -0.800. The molecule has 0 amide bonds. The van der Waals surface area contributed by atoms with Crippen LogP contribution in [0.3, 0.4) is 0 Å². The van der Waals surface area contributed by atoms with Crippen LogP contribution in [0.5, 0.6) is 0 Å². The Bertz CT molecular complexity index is 372.